The van der Waals surface area contributed by atoms with Gasteiger partial charge in [-0.3, -0.25) is 14.4 Å². The molecule has 25 heavy (non-hydrogen) atoms. The average Bonchev–Trinajstić information content (AvgIpc) is 2.59. The predicted octanol–water partition coefficient (Wildman–Crippen LogP) is 2.91. The Kier molecular flexibility index (Phi) is 4.27. The number of methoxy groups -OCH3 is 1. The van der Waals surface area contributed by atoms with Gasteiger partial charge in [-0.15, -0.1) is 0 Å². The number of rotatable bonds is 4. The minimum atomic E-state index is -0.520. The van der Waals surface area contributed by atoms with Gasteiger partial charge in [0.15, 0.2) is 23.1 Å². The molecule has 0 saturated carbocycles. The van der Waals surface area contributed by atoms with Crippen molar-refractivity contribution in [2.24, 2.45) is 0 Å². The van der Waals surface area contributed by atoms with Gasteiger partial charge >= 0.3 is 0 Å². The van der Waals surface area contributed by atoms with E-state index in [1.807, 2.05) is 6.92 Å². The van der Waals surface area contributed by atoms with Crippen LogP contribution in [0.1, 0.15) is 51.6 Å². The van der Waals surface area contributed by atoms with Crippen LogP contribution in [0, 0.1) is 0 Å². The number of carbonyl (C=O) groups is 3. The number of nitrogens with one attached hydrogen (secondary N) is 1. The highest BCUT2D eigenvalue weighted by atomic mass is 16.5. The van der Waals surface area contributed by atoms with Gasteiger partial charge in [0.2, 0.25) is 5.91 Å². The summed E-state index contributed by atoms with van der Waals surface area (Å²) in [5.41, 5.74) is 0.577. The van der Waals surface area contributed by atoms with Crippen LogP contribution in [-0.2, 0) is 4.79 Å². The Morgan fingerprint density at radius 3 is 2.48 bits per heavy atom. The number of benzene rings is 2. The molecule has 1 amide bonds. The molecule has 6 nitrogen and oxygen atoms in total. The molecular weight excluding hydrogens is 322 g/mol. The summed E-state index contributed by atoms with van der Waals surface area (Å²) in [7, 11) is 1.36. The van der Waals surface area contributed by atoms with E-state index in [2.05, 4.69) is 5.32 Å². The molecule has 0 bridgehead atoms. The molecule has 0 heterocycles. The second-order valence-electron chi connectivity index (χ2n) is 5.72. The zero-order valence-corrected chi connectivity index (χ0v) is 13.9. The number of anilines is 1. The average molecular weight is 339 g/mol. The van der Waals surface area contributed by atoms with Crippen molar-refractivity contribution in [2.45, 2.75) is 19.8 Å². The summed E-state index contributed by atoms with van der Waals surface area (Å²) in [5.74, 6) is -1.41. The summed E-state index contributed by atoms with van der Waals surface area (Å²) >= 11 is 0. The molecule has 2 aromatic carbocycles. The molecule has 1 aliphatic carbocycles. The first-order valence-electron chi connectivity index (χ1n) is 7.91. The van der Waals surface area contributed by atoms with E-state index >= 15 is 0 Å². The molecule has 2 aromatic rings. The summed E-state index contributed by atoms with van der Waals surface area (Å²) in [6, 6.07) is 7.62. The van der Waals surface area contributed by atoms with Crippen LogP contribution in [-0.4, -0.2) is 29.7 Å². The van der Waals surface area contributed by atoms with Crippen LogP contribution in [0.15, 0.2) is 30.3 Å². The van der Waals surface area contributed by atoms with Gasteiger partial charge in [-0.2, -0.15) is 0 Å². The smallest absolute Gasteiger partial charge is 0.224 e. The molecule has 0 aromatic heterocycles. The van der Waals surface area contributed by atoms with Crippen LogP contribution >= 0.6 is 0 Å². The number of phenolic OH excluding ortho intramolecular Hbond substituents is 1. The van der Waals surface area contributed by atoms with E-state index < -0.39 is 5.78 Å². The van der Waals surface area contributed by atoms with Crippen LogP contribution in [0.3, 0.4) is 0 Å². The van der Waals surface area contributed by atoms with E-state index in [4.69, 9.17) is 4.74 Å². The molecule has 3 rings (SSSR count). The van der Waals surface area contributed by atoms with Crippen molar-refractivity contribution in [1.82, 2.24) is 0 Å². The van der Waals surface area contributed by atoms with E-state index in [-0.39, 0.29) is 51.1 Å². The van der Waals surface area contributed by atoms with Gasteiger partial charge in [0.05, 0.1) is 23.9 Å². The Balaban J connectivity index is 2.17. The van der Waals surface area contributed by atoms with Crippen molar-refractivity contribution in [2.75, 3.05) is 12.4 Å². The maximum absolute atomic E-state index is 13.0. The molecular formula is C19H17NO5. The third-order valence-electron chi connectivity index (χ3n) is 4.12. The first-order chi connectivity index (χ1) is 12.0. The van der Waals surface area contributed by atoms with Gasteiger partial charge < -0.3 is 15.2 Å². The monoisotopic (exact) mass is 339 g/mol. The highest BCUT2D eigenvalue weighted by Gasteiger charge is 2.35. The highest BCUT2D eigenvalue weighted by Crippen LogP contribution is 2.40. The van der Waals surface area contributed by atoms with Gasteiger partial charge in [0.25, 0.3) is 0 Å². The van der Waals surface area contributed by atoms with E-state index in [1.54, 1.807) is 12.1 Å². The Labute approximate surface area is 144 Å². The number of ether oxygens (including phenoxy) is 1. The zero-order chi connectivity index (χ0) is 18.1. The summed E-state index contributed by atoms with van der Waals surface area (Å²) in [4.78, 5) is 37.7. The molecule has 128 valence electrons. The number of ketones is 2. The first kappa shape index (κ1) is 16.7. The summed E-state index contributed by atoms with van der Waals surface area (Å²) in [6.07, 6.45) is 0.968. The molecule has 2 N–H and O–H groups in total. The summed E-state index contributed by atoms with van der Waals surface area (Å²) < 4.78 is 5.03. The quantitative estimate of drug-likeness (QED) is 0.762. The number of amides is 1. The van der Waals surface area contributed by atoms with Crippen molar-refractivity contribution in [3.8, 4) is 11.5 Å². The molecule has 0 fully saturated rings. The molecule has 0 radical (unpaired) electrons. The van der Waals surface area contributed by atoms with Gasteiger partial charge in [0, 0.05) is 17.5 Å². The van der Waals surface area contributed by atoms with Crippen molar-refractivity contribution in [3.05, 3.63) is 52.6 Å². The molecule has 0 atom stereocenters. The number of carbonyl (C=O) groups excluding carboxylic acids is 3. The van der Waals surface area contributed by atoms with Crippen LogP contribution < -0.4 is 10.1 Å². The van der Waals surface area contributed by atoms with Crippen LogP contribution in [0.5, 0.6) is 11.5 Å². The topological polar surface area (TPSA) is 92.7 Å². The minimum absolute atomic E-state index is 0.0907. The summed E-state index contributed by atoms with van der Waals surface area (Å²) in [5, 5.41) is 13.0. The second kappa shape index (κ2) is 6.39. The van der Waals surface area contributed by atoms with Crippen molar-refractivity contribution in [3.63, 3.8) is 0 Å². The van der Waals surface area contributed by atoms with E-state index in [0.29, 0.717) is 12.8 Å². The number of aromatic hydroxyl groups is 1. The van der Waals surface area contributed by atoms with Crippen molar-refractivity contribution in [1.29, 1.82) is 0 Å². The van der Waals surface area contributed by atoms with Crippen LogP contribution in [0.4, 0.5) is 5.69 Å². The lowest BCUT2D eigenvalue weighted by atomic mass is 9.82. The maximum atomic E-state index is 13.0. The van der Waals surface area contributed by atoms with Crippen LogP contribution in [0.25, 0.3) is 0 Å². The maximum Gasteiger partial charge on any atom is 0.224 e. The fourth-order valence-electron chi connectivity index (χ4n) is 2.96. The van der Waals surface area contributed by atoms with Crippen molar-refractivity contribution < 1.29 is 24.2 Å². The first-order valence-corrected chi connectivity index (χ1v) is 7.91. The Hall–Kier alpha value is -3.15. The fraction of sp³-hybridized carbons (Fsp3) is 0.211. The summed E-state index contributed by atoms with van der Waals surface area (Å²) in [6.45, 7) is 1.87. The van der Waals surface area contributed by atoms with E-state index in [0.717, 1.165) is 0 Å². The van der Waals surface area contributed by atoms with Gasteiger partial charge in [-0.25, -0.2) is 0 Å². The Bertz CT molecular complexity index is 901. The normalized spacial score (nSPS) is 12.4. The standard InChI is InChI=1S/C19H17NO5/c1-3-5-14(21)20-12-7-4-6-10-15(12)19(24)16-11(17(10)22)8-9-13(25-2)18(16)23/h4,6-9,23H,3,5H2,1-2H3,(H,20,21). The number of phenols is 1. The molecule has 0 unspecified atom stereocenters. The predicted molar refractivity (Wildman–Crippen MR) is 91.5 cm³/mol. The minimum Gasteiger partial charge on any atom is -0.504 e. The van der Waals surface area contributed by atoms with Crippen LogP contribution in [0.2, 0.25) is 0 Å². The third-order valence-corrected chi connectivity index (χ3v) is 4.12. The Morgan fingerprint density at radius 1 is 1.08 bits per heavy atom. The van der Waals surface area contributed by atoms with E-state index in [1.165, 1.54) is 25.3 Å². The highest BCUT2D eigenvalue weighted by molar-refractivity contribution is 6.31. The number of fused-ring (bicyclic) bond motifs is 2. The molecule has 1 aliphatic rings. The SMILES string of the molecule is CCCC(=O)Nc1cccc2c1C(=O)c1c(ccc(OC)c1O)C2=O. The van der Waals surface area contributed by atoms with Gasteiger partial charge in [-0.05, 0) is 24.6 Å². The van der Waals surface area contributed by atoms with Gasteiger partial charge in [-0.1, -0.05) is 19.1 Å². The molecule has 0 aliphatic heterocycles. The zero-order valence-electron chi connectivity index (χ0n) is 13.9. The molecule has 6 heteroatoms. The lowest BCUT2D eigenvalue weighted by Crippen LogP contribution is -2.24. The van der Waals surface area contributed by atoms with Crippen molar-refractivity contribution >= 4 is 23.2 Å². The lowest BCUT2D eigenvalue weighted by molar-refractivity contribution is -0.116. The third kappa shape index (κ3) is 2.65. The largest absolute Gasteiger partial charge is 0.504 e. The Morgan fingerprint density at radius 2 is 1.80 bits per heavy atom. The molecule has 0 spiro atoms. The fourth-order valence-corrected chi connectivity index (χ4v) is 2.96. The number of hydrogen-bond donors (Lipinski definition) is 2. The van der Waals surface area contributed by atoms with Gasteiger partial charge in [0.1, 0.15) is 0 Å². The lowest BCUT2D eigenvalue weighted by Gasteiger charge is -2.21. The second-order valence-corrected chi connectivity index (χ2v) is 5.72. The molecule has 0 saturated heterocycles. The number of hydrogen-bond acceptors (Lipinski definition) is 5. The van der Waals surface area contributed by atoms with E-state index in [9.17, 15) is 19.5 Å².